The maximum absolute atomic E-state index is 12.6. The summed E-state index contributed by atoms with van der Waals surface area (Å²) in [6.45, 7) is 3.99. The number of carbonyl (C=O) groups excluding carboxylic acids is 1. The van der Waals surface area contributed by atoms with Crippen LogP contribution in [0.3, 0.4) is 0 Å². The lowest BCUT2D eigenvalue weighted by molar-refractivity contribution is -0.0123. The van der Waals surface area contributed by atoms with Crippen molar-refractivity contribution < 1.29 is 9.90 Å². The van der Waals surface area contributed by atoms with Gasteiger partial charge >= 0.3 is 6.03 Å². The SMILES string of the molecule is Cc1cccc(C(NC(=O)NCC2(O)CCN(C)CC2)c2ccccc2)c1. The van der Waals surface area contributed by atoms with E-state index in [2.05, 4.69) is 21.6 Å². The van der Waals surface area contributed by atoms with Gasteiger partial charge in [0.25, 0.3) is 0 Å². The first kappa shape index (κ1) is 19.4. The topological polar surface area (TPSA) is 64.6 Å². The van der Waals surface area contributed by atoms with Crippen molar-refractivity contribution in [2.24, 2.45) is 0 Å². The quantitative estimate of drug-likeness (QED) is 0.761. The van der Waals surface area contributed by atoms with Crippen molar-refractivity contribution in [3.8, 4) is 0 Å². The molecule has 1 aliphatic heterocycles. The van der Waals surface area contributed by atoms with E-state index in [1.165, 1.54) is 0 Å². The van der Waals surface area contributed by atoms with E-state index >= 15 is 0 Å². The van der Waals surface area contributed by atoms with Crippen LogP contribution < -0.4 is 10.6 Å². The van der Waals surface area contributed by atoms with Crippen molar-refractivity contribution in [3.05, 3.63) is 71.3 Å². The van der Waals surface area contributed by atoms with Crippen LogP contribution in [0.15, 0.2) is 54.6 Å². The molecule has 0 aliphatic carbocycles. The molecule has 1 atom stereocenters. The summed E-state index contributed by atoms with van der Waals surface area (Å²) < 4.78 is 0. The fraction of sp³-hybridized carbons (Fsp3) is 0.409. The molecule has 5 heteroatoms. The largest absolute Gasteiger partial charge is 0.388 e. The van der Waals surface area contributed by atoms with Gasteiger partial charge in [-0.15, -0.1) is 0 Å². The van der Waals surface area contributed by atoms with E-state index in [1.54, 1.807) is 0 Å². The van der Waals surface area contributed by atoms with E-state index in [-0.39, 0.29) is 18.6 Å². The average Bonchev–Trinajstić information content (AvgIpc) is 2.68. The van der Waals surface area contributed by atoms with Crippen LogP contribution in [0.4, 0.5) is 4.79 Å². The molecule has 3 rings (SSSR count). The first-order valence-electron chi connectivity index (χ1n) is 9.52. The van der Waals surface area contributed by atoms with Crippen molar-refractivity contribution >= 4 is 6.03 Å². The number of amides is 2. The van der Waals surface area contributed by atoms with E-state index in [0.29, 0.717) is 12.8 Å². The molecule has 2 amide bonds. The summed E-state index contributed by atoms with van der Waals surface area (Å²) in [6, 6.07) is 17.6. The zero-order valence-corrected chi connectivity index (χ0v) is 16.1. The molecule has 1 aliphatic rings. The van der Waals surface area contributed by atoms with Gasteiger partial charge in [0.2, 0.25) is 0 Å². The number of carbonyl (C=O) groups is 1. The lowest BCUT2D eigenvalue weighted by atomic mass is 9.91. The first-order chi connectivity index (χ1) is 13.0. The molecule has 1 unspecified atom stereocenters. The highest BCUT2D eigenvalue weighted by atomic mass is 16.3. The highest BCUT2D eigenvalue weighted by molar-refractivity contribution is 5.75. The highest BCUT2D eigenvalue weighted by Crippen LogP contribution is 2.23. The third-order valence-electron chi connectivity index (χ3n) is 5.28. The van der Waals surface area contributed by atoms with Gasteiger partial charge in [0.05, 0.1) is 11.6 Å². The Morgan fingerprint density at radius 1 is 1.11 bits per heavy atom. The van der Waals surface area contributed by atoms with E-state index in [0.717, 1.165) is 29.8 Å². The van der Waals surface area contributed by atoms with Gasteiger partial charge in [-0.25, -0.2) is 4.79 Å². The fourth-order valence-electron chi connectivity index (χ4n) is 3.49. The summed E-state index contributed by atoms with van der Waals surface area (Å²) in [6.07, 6.45) is 1.34. The van der Waals surface area contributed by atoms with Gasteiger partial charge in [-0.05, 0) is 37.9 Å². The van der Waals surface area contributed by atoms with Crippen molar-refractivity contribution in [2.75, 3.05) is 26.7 Å². The summed E-state index contributed by atoms with van der Waals surface area (Å²) in [4.78, 5) is 14.8. The molecule has 27 heavy (non-hydrogen) atoms. The van der Waals surface area contributed by atoms with E-state index in [4.69, 9.17) is 0 Å². The maximum atomic E-state index is 12.6. The van der Waals surface area contributed by atoms with Gasteiger partial charge < -0.3 is 20.6 Å². The predicted octanol–water partition coefficient (Wildman–Crippen LogP) is 2.84. The highest BCUT2D eigenvalue weighted by Gasteiger charge is 2.31. The van der Waals surface area contributed by atoms with Crippen molar-refractivity contribution in [1.29, 1.82) is 0 Å². The second-order valence-corrected chi connectivity index (χ2v) is 7.61. The molecule has 0 aromatic heterocycles. The lowest BCUT2D eigenvalue weighted by Gasteiger charge is -2.36. The summed E-state index contributed by atoms with van der Waals surface area (Å²) in [5.41, 5.74) is 2.39. The maximum Gasteiger partial charge on any atom is 0.315 e. The van der Waals surface area contributed by atoms with Crippen LogP contribution >= 0.6 is 0 Å². The molecule has 3 N–H and O–H groups in total. The Morgan fingerprint density at radius 2 is 1.78 bits per heavy atom. The smallest absolute Gasteiger partial charge is 0.315 e. The number of hydrogen-bond donors (Lipinski definition) is 3. The van der Waals surface area contributed by atoms with Gasteiger partial charge in [0.1, 0.15) is 0 Å². The van der Waals surface area contributed by atoms with Gasteiger partial charge in [0, 0.05) is 19.6 Å². The predicted molar refractivity (Wildman–Crippen MR) is 108 cm³/mol. The molecule has 2 aromatic rings. The van der Waals surface area contributed by atoms with Crippen molar-refractivity contribution in [1.82, 2.24) is 15.5 Å². The lowest BCUT2D eigenvalue weighted by Crippen LogP contribution is -2.52. The third kappa shape index (κ3) is 5.31. The van der Waals surface area contributed by atoms with Crippen molar-refractivity contribution in [2.45, 2.75) is 31.4 Å². The minimum absolute atomic E-state index is 0.238. The minimum Gasteiger partial charge on any atom is -0.388 e. The van der Waals surface area contributed by atoms with Gasteiger partial charge in [-0.2, -0.15) is 0 Å². The number of rotatable bonds is 5. The van der Waals surface area contributed by atoms with Crippen molar-refractivity contribution in [3.63, 3.8) is 0 Å². The Labute approximate surface area is 161 Å². The number of piperidine rings is 1. The van der Waals surface area contributed by atoms with Crippen LogP contribution in [0.25, 0.3) is 0 Å². The Balaban J connectivity index is 1.68. The van der Waals surface area contributed by atoms with Crippen LogP contribution in [-0.2, 0) is 0 Å². The van der Waals surface area contributed by atoms with Gasteiger partial charge in [0.15, 0.2) is 0 Å². The molecule has 0 radical (unpaired) electrons. The fourth-order valence-corrected chi connectivity index (χ4v) is 3.49. The summed E-state index contributed by atoms with van der Waals surface area (Å²) in [5.74, 6) is 0. The molecular weight excluding hydrogens is 338 g/mol. The second-order valence-electron chi connectivity index (χ2n) is 7.61. The number of hydrogen-bond acceptors (Lipinski definition) is 3. The number of benzene rings is 2. The third-order valence-corrected chi connectivity index (χ3v) is 5.28. The Kier molecular flexibility index (Phi) is 6.14. The molecule has 144 valence electrons. The Morgan fingerprint density at radius 3 is 2.44 bits per heavy atom. The molecule has 0 spiro atoms. The second kappa shape index (κ2) is 8.55. The van der Waals surface area contributed by atoms with Crippen LogP contribution in [0.5, 0.6) is 0 Å². The van der Waals surface area contributed by atoms with E-state index < -0.39 is 5.60 Å². The zero-order valence-electron chi connectivity index (χ0n) is 16.1. The number of aryl methyl sites for hydroxylation is 1. The van der Waals surface area contributed by atoms with Crippen LogP contribution in [0.2, 0.25) is 0 Å². The summed E-state index contributed by atoms with van der Waals surface area (Å²) in [5, 5.41) is 16.6. The number of likely N-dealkylation sites (tertiary alicyclic amines) is 1. The molecule has 5 nitrogen and oxygen atoms in total. The van der Waals surface area contributed by atoms with Crippen LogP contribution in [-0.4, -0.2) is 48.3 Å². The summed E-state index contributed by atoms with van der Waals surface area (Å²) >= 11 is 0. The monoisotopic (exact) mass is 367 g/mol. The Hall–Kier alpha value is -2.37. The average molecular weight is 367 g/mol. The van der Waals surface area contributed by atoms with E-state index in [9.17, 15) is 9.90 Å². The van der Waals surface area contributed by atoms with Crippen LogP contribution in [0.1, 0.15) is 35.6 Å². The normalized spacial score (nSPS) is 17.9. The molecular formula is C22H29N3O2. The number of nitrogens with one attached hydrogen (secondary N) is 2. The molecule has 1 fully saturated rings. The molecule has 1 saturated heterocycles. The minimum atomic E-state index is -0.824. The molecule has 2 aromatic carbocycles. The molecule has 0 saturated carbocycles. The standard InChI is InChI=1S/C22H29N3O2/c1-17-7-6-10-19(15-17)20(18-8-4-3-5-9-18)24-21(26)23-16-22(27)11-13-25(2)14-12-22/h3-10,15,20,27H,11-14,16H2,1-2H3,(H2,23,24,26). The zero-order chi connectivity index (χ0) is 19.3. The molecule has 0 bridgehead atoms. The van der Waals surface area contributed by atoms with Gasteiger partial charge in [-0.1, -0.05) is 60.2 Å². The number of urea groups is 1. The Bertz CT molecular complexity index is 755. The number of nitrogens with zero attached hydrogens (tertiary/aromatic N) is 1. The summed E-state index contributed by atoms with van der Waals surface area (Å²) in [7, 11) is 2.05. The van der Waals surface area contributed by atoms with E-state index in [1.807, 2.05) is 62.5 Å². The van der Waals surface area contributed by atoms with Gasteiger partial charge in [-0.3, -0.25) is 0 Å². The first-order valence-corrected chi connectivity index (χ1v) is 9.52. The van der Waals surface area contributed by atoms with Crippen LogP contribution in [0, 0.1) is 6.92 Å². The molecule has 1 heterocycles. The number of aliphatic hydroxyl groups is 1.